The van der Waals surface area contributed by atoms with E-state index in [9.17, 15) is 16.8 Å². The second-order valence-corrected chi connectivity index (χ2v) is 7.88. The highest BCUT2D eigenvalue weighted by Gasteiger charge is 2.13. The number of hydrogen-bond acceptors (Lipinski definition) is 5. The van der Waals surface area contributed by atoms with Gasteiger partial charge in [0.25, 0.3) is 0 Å². The molecule has 0 heterocycles. The summed E-state index contributed by atoms with van der Waals surface area (Å²) >= 11 is 0. The van der Waals surface area contributed by atoms with Crippen LogP contribution in [0.5, 0.6) is 0 Å². The van der Waals surface area contributed by atoms with Crippen molar-refractivity contribution >= 4 is 19.9 Å². The Morgan fingerprint density at radius 2 is 1.62 bits per heavy atom. The average Bonchev–Trinajstić information content (AvgIpc) is 2.14. The predicted molar refractivity (Wildman–Crippen MR) is 64.4 cm³/mol. The topological polar surface area (TPSA) is 106 Å². The lowest BCUT2D eigenvalue weighted by Gasteiger charge is -2.05. The molecule has 0 unspecified atom stereocenters. The summed E-state index contributed by atoms with van der Waals surface area (Å²) in [6.07, 6.45) is 3.47. The summed E-state index contributed by atoms with van der Waals surface area (Å²) in [5.74, 6) is -0.714. The number of sulfone groups is 1. The van der Waals surface area contributed by atoms with E-state index in [1.54, 1.807) is 0 Å². The summed E-state index contributed by atoms with van der Waals surface area (Å²) < 4.78 is 46.6. The Morgan fingerprint density at radius 1 is 1.00 bits per heavy atom. The molecule has 0 rings (SSSR count). The van der Waals surface area contributed by atoms with E-state index in [2.05, 4.69) is 4.72 Å². The molecule has 0 saturated carbocycles. The summed E-state index contributed by atoms with van der Waals surface area (Å²) in [6.45, 7) is 0.937. The maximum Gasteiger partial charge on any atom is 0.212 e. The Hall–Kier alpha value is -0.180. The van der Waals surface area contributed by atoms with Crippen molar-refractivity contribution in [3.63, 3.8) is 0 Å². The van der Waals surface area contributed by atoms with Gasteiger partial charge < -0.3 is 5.73 Å². The van der Waals surface area contributed by atoms with Crippen LogP contribution >= 0.6 is 0 Å². The van der Waals surface area contributed by atoms with Gasteiger partial charge in [-0.05, 0) is 19.4 Å². The van der Waals surface area contributed by atoms with Gasteiger partial charge in [-0.15, -0.1) is 0 Å². The first-order valence-electron chi connectivity index (χ1n) is 5.12. The molecule has 0 aromatic carbocycles. The SMILES string of the molecule is CS(=O)(=O)CCS(=O)(=O)NCCCCCN. The number of rotatable bonds is 9. The van der Waals surface area contributed by atoms with E-state index in [1.807, 2.05) is 0 Å². The average molecular weight is 272 g/mol. The van der Waals surface area contributed by atoms with E-state index in [-0.39, 0.29) is 11.5 Å². The fourth-order valence-corrected chi connectivity index (χ4v) is 3.70. The second kappa shape index (κ2) is 7.21. The molecular formula is C8H20N2O4S2. The molecule has 0 aromatic rings. The van der Waals surface area contributed by atoms with Gasteiger partial charge in [0.2, 0.25) is 10.0 Å². The van der Waals surface area contributed by atoms with Crippen LogP contribution in [0.1, 0.15) is 19.3 Å². The van der Waals surface area contributed by atoms with Gasteiger partial charge in [-0.3, -0.25) is 0 Å². The lowest BCUT2D eigenvalue weighted by atomic mass is 10.2. The highest BCUT2D eigenvalue weighted by molar-refractivity contribution is 7.93. The molecule has 0 radical (unpaired) electrons. The van der Waals surface area contributed by atoms with Crippen molar-refractivity contribution in [3.8, 4) is 0 Å². The summed E-state index contributed by atoms with van der Waals surface area (Å²) in [6, 6.07) is 0. The summed E-state index contributed by atoms with van der Waals surface area (Å²) in [5.41, 5.74) is 5.29. The third kappa shape index (κ3) is 10.3. The van der Waals surface area contributed by atoms with E-state index >= 15 is 0 Å². The molecule has 0 fully saturated rings. The zero-order valence-corrected chi connectivity index (χ0v) is 11.1. The zero-order chi connectivity index (χ0) is 12.7. The molecule has 0 aliphatic rings. The molecule has 0 bridgehead atoms. The third-order valence-electron chi connectivity index (χ3n) is 1.93. The quantitative estimate of drug-likeness (QED) is 0.528. The molecule has 0 atom stereocenters. The number of unbranched alkanes of at least 4 members (excludes halogenated alkanes) is 2. The maximum absolute atomic E-state index is 11.3. The molecular weight excluding hydrogens is 252 g/mol. The van der Waals surface area contributed by atoms with Gasteiger partial charge in [-0.25, -0.2) is 21.6 Å². The number of nitrogens with one attached hydrogen (secondary N) is 1. The first kappa shape index (κ1) is 15.8. The van der Waals surface area contributed by atoms with Crippen LogP contribution in [0.4, 0.5) is 0 Å². The van der Waals surface area contributed by atoms with Crippen LogP contribution in [-0.4, -0.2) is 47.7 Å². The molecule has 6 nitrogen and oxygen atoms in total. The van der Waals surface area contributed by atoms with Gasteiger partial charge >= 0.3 is 0 Å². The molecule has 3 N–H and O–H groups in total. The minimum Gasteiger partial charge on any atom is -0.330 e. The monoisotopic (exact) mass is 272 g/mol. The van der Waals surface area contributed by atoms with Crippen LogP contribution in [-0.2, 0) is 19.9 Å². The van der Waals surface area contributed by atoms with Crippen LogP contribution in [0.2, 0.25) is 0 Å². The molecule has 0 aliphatic carbocycles. The van der Waals surface area contributed by atoms with Crippen LogP contribution in [0.25, 0.3) is 0 Å². The highest BCUT2D eigenvalue weighted by Crippen LogP contribution is 1.94. The molecule has 0 aliphatic heterocycles. The Labute approximate surface area is 97.6 Å². The smallest absolute Gasteiger partial charge is 0.212 e. The first-order valence-corrected chi connectivity index (χ1v) is 8.83. The molecule has 0 aromatic heterocycles. The molecule has 8 heteroatoms. The van der Waals surface area contributed by atoms with Crippen molar-refractivity contribution in [2.75, 3.05) is 30.9 Å². The number of nitrogens with two attached hydrogens (primary N) is 1. The molecule has 98 valence electrons. The fourth-order valence-electron chi connectivity index (χ4n) is 1.01. The van der Waals surface area contributed by atoms with Gasteiger partial charge in [0.05, 0.1) is 11.5 Å². The standard InChI is InChI=1S/C8H20N2O4S2/c1-15(11,12)7-8-16(13,14)10-6-4-2-3-5-9/h10H,2-9H2,1H3. The Balaban J connectivity index is 3.80. The molecule has 0 spiro atoms. The minimum absolute atomic E-state index is 0.339. The third-order valence-corrected chi connectivity index (χ3v) is 4.52. The maximum atomic E-state index is 11.3. The Kier molecular flexibility index (Phi) is 7.12. The van der Waals surface area contributed by atoms with Crippen LogP contribution < -0.4 is 10.5 Å². The fraction of sp³-hybridized carbons (Fsp3) is 1.00. The van der Waals surface area contributed by atoms with Gasteiger partial charge in [0.1, 0.15) is 9.84 Å². The molecule has 0 saturated heterocycles. The largest absolute Gasteiger partial charge is 0.330 e. The minimum atomic E-state index is -3.46. The van der Waals surface area contributed by atoms with Gasteiger partial charge in [-0.2, -0.15) is 0 Å². The number of sulfonamides is 1. The van der Waals surface area contributed by atoms with E-state index < -0.39 is 19.9 Å². The normalized spacial score (nSPS) is 12.9. The first-order chi connectivity index (χ1) is 7.27. The molecule has 0 amide bonds. The van der Waals surface area contributed by atoms with Crippen LogP contribution in [0.15, 0.2) is 0 Å². The van der Waals surface area contributed by atoms with E-state index in [0.29, 0.717) is 13.1 Å². The Bertz CT molecular complexity index is 375. The Morgan fingerprint density at radius 3 is 2.12 bits per heavy atom. The van der Waals surface area contributed by atoms with E-state index in [0.717, 1.165) is 25.5 Å². The highest BCUT2D eigenvalue weighted by atomic mass is 32.2. The lowest BCUT2D eigenvalue weighted by Crippen LogP contribution is -2.30. The predicted octanol–water partition coefficient (Wildman–Crippen LogP) is -0.921. The zero-order valence-electron chi connectivity index (χ0n) is 9.48. The van der Waals surface area contributed by atoms with Crippen molar-refractivity contribution in [3.05, 3.63) is 0 Å². The van der Waals surface area contributed by atoms with Crippen LogP contribution in [0, 0.1) is 0 Å². The molecule has 16 heavy (non-hydrogen) atoms. The van der Waals surface area contributed by atoms with E-state index in [1.165, 1.54) is 0 Å². The summed E-state index contributed by atoms with van der Waals surface area (Å²) in [5, 5.41) is 0. The van der Waals surface area contributed by atoms with E-state index in [4.69, 9.17) is 5.73 Å². The van der Waals surface area contributed by atoms with Crippen molar-refractivity contribution in [1.82, 2.24) is 4.72 Å². The lowest BCUT2D eigenvalue weighted by molar-refractivity contribution is 0.573. The second-order valence-electron chi connectivity index (χ2n) is 3.69. The van der Waals surface area contributed by atoms with Gasteiger partial charge in [0.15, 0.2) is 0 Å². The van der Waals surface area contributed by atoms with Crippen molar-refractivity contribution in [1.29, 1.82) is 0 Å². The van der Waals surface area contributed by atoms with Crippen molar-refractivity contribution in [2.45, 2.75) is 19.3 Å². The van der Waals surface area contributed by atoms with Crippen molar-refractivity contribution in [2.24, 2.45) is 5.73 Å². The number of hydrogen-bond donors (Lipinski definition) is 2. The van der Waals surface area contributed by atoms with Crippen LogP contribution in [0.3, 0.4) is 0 Å². The van der Waals surface area contributed by atoms with Crippen molar-refractivity contribution < 1.29 is 16.8 Å². The summed E-state index contributed by atoms with van der Waals surface area (Å²) in [4.78, 5) is 0. The summed E-state index contributed by atoms with van der Waals surface area (Å²) in [7, 11) is -6.69. The van der Waals surface area contributed by atoms with Gasteiger partial charge in [-0.1, -0.05) is 6.42 Å². The van der Waals surface area contributed by atoms with Gasteiger partial charge in [0, 0.05) is 12.8 Å².